The largest absolute Gasteiger partial charge is 0.465 e. The van der Waals surface area contributed by atoms with Gasteiger partial charge in [-0.05, 0) is 24.5 Å². The first-order chi connectivity index (χ1) is 10.6. The van der Waals surface area contributed by atoms with Crippen LogP contribution >= 0.6 is 0 Å². The van der Waals surface area contributed by atoms with Gasteiger partial charge in [0.1, 0.15) is 12.2 Å². The zero-order valence-electron chi connectivity index (χ0n) is 12.7. The summed E-state index contributed by atoms with van der Waals surface area (Å²) in [6.45, 7) is 1.67. The van der Waals surface area contributed by atoms with E-state index in [1.807, 2.05) is 48.5 Å². The number of hydrogen-bond acceptors (Lipinski definition) is 3. The van der Waals surface area contributed by atoms with Crippen molar-refractivity contribution in [1.82, 2.24) is 0 Å². The number of esters is 1. The summed E-state index contributed by atoms with van der Waals surface area (Å²) < 4.78 is 5.28. The zero-order valence-corrected chi connectivity index (χ0v) is 12.7. The molecule has 3 nitrogen and oxygen atoms in total. The number of carbonyl (C=O) groups excluding carboxylic acids is 2. The second-order valence-corrected chi connectivity index (χ2v) is 5.36. The SMILES string of the molecule is CC(=O)CC(=O)OCC(Cc1ccccc1)c1ccccc1. The molecule has 0 N–H and O–H groups in total. The molecular formula is C19H20O3. The fraction of sp³-hybridized carbons (Fsp3) is 0.263. The molecule has 1 unspecified atom stereocenters. The molecule has 0 saturated carbocycles. The Bertz CT molecular complexity index is 605. The molecule has 0 spiro atoms. The Balaban J connectivity index is 2.05. The molecule has 2 aromatic rings. The van der Waals surface area contributed by atoms with Crippen LogP contribution in [0.5, 0.6) is 0 Å². The third-order valence-electron chi connectivity index (χ3n) is 3.43. The van der Waals surface area contributed by atoms with Gasteiger partial charge in [0.05, 0.1) is 6.61 Å². The number of ketones is 1. The molecule has 0 aliphatic heterocycles. The summed E-state index contributed by atoms with van der Waals surface area (Å²) >= 11 is 0. The van der Waals surface area contributed by atoms with E-state index < -0.39 is 5.97 Å². The van der Waals surface area contributed by atoms with Gasteiger partial charge in [-0.1, -0.05) is 60.7 Å². The van der Waals surface area contributed by atoms with Crippen LogP contribution in [-0.2, 0) is 20.7 Å². The van der Waals surface area contributed by atoms with Crippen LogP contribution in [0.4, 0.5) is 0 Å². The topological polar surface area (TPSA) is 43.4 Å². The maximum Gasteiger partial charge on any atom is 0.313 e. The highest BCUT2D eigenvalue weighted by Crippen LogP contribution is 2.21. The second kappa shape index (κ2) is 8.13. The van der Waals surface area contributed by atoms with E-state index in [1.54, 1.807) is 0 Å². The predicted molar refractivity (Wildman–Crippen MR) is 85.6 cm³/mol. The Labute approximate surface area is 130 Å². The first-order valence-corrected chi connectivity index (χ1v) is 7.39. The number of rotatable bonds is 7. The first-order valence-electron chi connectivity index (χ1n) is 7.39. The van der Waals surface area contributed by atoms with Crippen LogP contribution < -0.4 is 0 Å². The van der Waals surface area contributed by atoms with E-state index >= 15 is 0 Å². The molecule has 2 rings (SSSR count). The molecule has 0 aromatic heterocycles. The maximum absolute atomic E-state index is 11.6. The summed E-state index contributed by atoms with van der Waals surface area (Å²) in [7, 11) is 0. The lowest BCUT2D eigenvalue weighted by Crippen LogP contribution is -2.16. The van der Waals surface area contributed by atoms with Crippen molar-refractivity contribution in [3.05, 3.63) is 71.8 Å². The quantitative estimate of drug-likeness (QED) is 0.580. The van der Waals surface area contributed by atoms with Crippen molar-refractivity contribution in [3.8, 4) is 0 Å². The smallest absolute Gasteiger partial charge is 0.313 e. The Hall–Kier alpha value is -2.42. The summed E-state index contributed by atoms with van der Waals surface area (Å²) in [5, 5.41) is 0. The lowest BCUT2D eigenvalue weighted by molar-refractivity contribution is -0.146. The van der Waals surface area contributed by atoms with E-state index in [-0.39, 0.29) is 24.7 Å². The van der Waals surface area contributed by atoms with Gasteiger partial charge in [-0.15, -0.1) is 0 Å². The molecular weight excluding hydrogens is 276 g/mol. The van der Waals surface area contributed by atoms with Crippen molar-refractivity contribution in [2.24, 2.45) is 0 Å². The molecule has 0 heterocycles. The van der Waals surface area contributed by atoms with Gasteiger partial charge >= 0.3 is 5.97 Å². The van der Waals surface area contributed by atoms with Crippen LogP contribution in [0.15, 0.2) is 60.7 Å². The highest BCUT2D eigenvalue weighted by atomic mass is 16.5. The first kappa shape index (κ1) is 16.0. The Morgan fingerprint density at radius 1 is 0.955 bits per heavy atom. The third-order valence-corrected chi connectivity index (χ3v) is 3.43. The normalized spacial score (nSPS) is 11.7. The Morgan fingerprint density at radius 2 is 1.55 bits per heavy atom. The summed E-state index contributed by atoms with van der Waals surface area (Å²) in [5.74, 6) is -0.551. The minimum atomic E-state index is -0.457. The molecule has 2 aromatic carbocycles. The van der Waals surface area contributed by atoms with Gasteiger partial charge in [0.15, 0.2) is 0 Å². The number of ether oxygens (including phenoxy) is 1. The molecule has 0 bridgehead atoms. The fourth-order valence-corrected chi connectivity index (χ4v) is 2.34. The monoisotopic (exact) mass is 296 g/mol. The van der Waals surface area contributed by atoms with Gasteiger partial charge in [-0.2, -0.15) is 0 Å². The highest BCUT2D eigenvalue weighted by Gasteiger charge is 2.15. The van der Waals surface area contributed by atoms with Gasteiger partial charge in [0, 0.05) is 5.92 Å². The van der Waals surface area contributed by atoms with Crippen LogP contribution in [0.1, 0.15) is 30.4 Å². The van der Waals surface area contributed by atoms with Gasteiger partial charge < -0.3 is 4.74 Å². The molecule has 0 fully saturated rings. The lowest BCUT2D eigenvalue weighted by atomic mass is 9.93. The van der Waals surface area contributed by atoms with E-state index in [4.69, 9.17) is 4.74 Å². The summed E-state index contributed by atoms with van der Waals surface area (Å²) in [5.41, 5.74) is 2.32. The van der Waals surface area contributed by atoms with Crippen LogP contribution in [0.25, 0.3) is 0 Å². The molecule has 0 amide bonds. The van der Waals surface area contributed by atoms with Gasteiger partial charge in [-0.25, -0.2) is 0 Å². The van der Waals surface area contributed by atoms with Crippen molar-refractivity contribution in [2.75, 3.05) is 6.61 Å². The average molecular weight is 296 g/mol. The van der Waals surface area contributed by atoms with Crippen molar-refractivity contribution in [2.45, 2.75) is 25.7 Å². The molecule has 114 valence electrons. The predicted octanol–water partition coefficient (Wildman–Crippen LogP) is 3.54. The molecule has 0 aliphatic carbocycles. The summed E-state index contributed by atoms with van der Waals surface area (Å²) in [6.07, 6.45) is 0.630. The summed E-state index contributed by atoms with van der Waals surface area (Å²) in [6, 6.07) is 20.1. The average Bonchev–Trinajstić information content (AvgIpc) is 2.52. The number of hydrogen-bond donors (Lipinski definition) is 0. The Morgan fingerprint density at radius 3 is 2.14 bits per heavy atom. The van der Waals surface area contributed by atoms with Gasteiger partial charge in [0.2, 0.25) is 0 Å². The van der Waals surface area contributed by atoms with Crippen molar-refractivity contribution >= 4 is 11.8 Å². The van der Waals surface area contributed by atoms with Crippen molar-refractivity contribution in [3.63, 3.8) is 0 Å². The van der Waals surface area contributed by atoms with Crippen LogP contribution in [0.3, 0.4) is 0 Å². The number of carbonyl (C=O) groups is 2. The van der Waals surface area contributed by atoms with Crippen molar-refractivity contribution < 1.29 is 14.3 Å². The highest BCUT2D eigenvalue weighted by molar-refractivity contribution is 5.94. The van der Waals surface area contributed by atoms with Crippen LogP contribution in [0, 0.1) is 0 Å². The maximum atomic E-state index is 11.6. The summed E-state index contributed by atoms with van der Waals surface area (Å²) in [4.78, 5) is 22.6. The van der Waals surface area contributed by atoms with Crippen molar-refractivity contribution in [1.29, 1.82) is 0 Å². The van der Waals surface area contributed by atoms with E-state index in [0.717, 1.165) is 12.0 Å². The lowest BCUT2D eigenvalue weighted by Gasteiger charge is -2.17. The van der Waals surface area contributed by atoms with E-state index in [0.29, 0.717) is 0 Å². The minimum Gasteiger partial charge on any atom is -0.465 e. The number of benzene rings is 2. The van der Waals surface area contributed by atoms with E-state index in [2.05, 4.69) is 12.1 Å². The van der Waals surface area contributed by atoms with Gasteiger partial charge in [-0.3, -0.25) is 9.59 Å². The molecule has 0 aliphatic rings. The second-order valence-electron chi connectivity index (χ2n) is 5.36. The molecule has 3 heteroatoms. The molecule has 0 radical (unpaired) electrons. The van der Waals surface area contributed by atoms with Gasteiger partial charge in [0.25, 0.3) is 0 Å². The van der Waals surface area contributed by atoms with Crippen LogP contribution in [0.2, 0.25) is 0 Å². The molecule has 1 atom stereocenters. The van der Waals surface area contributed by atoms with E-state index in [9.17, 15) is 9.59 Å². The fourth-order valence-electron chi connectivity index (χ4n) is 2.34. The molecule has 0 saturated heterocycles. The number of Topliss-reactive ketones (excluding diaryl/α,β-unsaturated/α-hetero) is 1. The standard InChI is InChI=1S/C19H20O3/c1-15(20)12-19(21)22-14-18(17-10-6-3-7-11-17)13-16-8-4-2-5-9-16/h2-11,18H,12-14H2,1H3. The zero-order chi connectivity index (χ0) is 15.8. The van der Waals surface area contributed by atoms with E-state index in [1.165, 1.54) is 12.5 Å². The third kappa shape index (κ3) is 5.17. The van der Waals surface area contributed by atoms with Crippen LogP contribution in [-0.4, -0.2) is 18.4 Å². The molecule has 22 heavy (non-hydrogen) atoms. The Kier molecular flexibility index (Phi) is 5.90. The minimum absolute atomic E-state index is 0.0829.